The first-order valence-corrected chi connectivity index (χ1v) is 12.2. The topological polar surface area (TPSA) is 80.8 Å². The Morgan fingerprint density at radius 3 is 2.25 bits per heavy atom. The predicted molar refractivity (Wildman–Crippen MR) is 126 cm³/mol. The lowest BCUT2D eigenvalue weighted by Gasteiger charge is -2.23. The lowest BCUT2D eigenvalue weighted by atomic mass is 10.1. The Hall–Kier alpha value is -2.90. The lowest BCUT2D eigenvalue weighted by molar-refractivity contribution is -0.134. The first-order valence-electron chi connectivity index (χ1n) is 10.3. The van der Waals surface area contributed by atoms with Gasteiger partial charge in [-0.25, -0.2) is 12.7 Å². The molecule has 0 fully saturated rings. The molecular formula is C24H24ClNO5S. The first-order chi connectivity index (χ1) is 15.3. The molecule has 0 atom stereocenters. The number of anilines is 1. The number of carbonyl (C=O) groups is 2. The van der Waals surface area contributed by atoms with E-state index in [-0.39, 0.29) is 34.2 Å². The third-order valence-corrected chi connectivity index (χ3v) is 6.82. The molecule has 0 N–H and O–H groups in total. The quantitative estimate of drug-likeness (QED) is 0.308. The van der Waals surface area contributed by atoms with Crippen LogP contribution in [0.3, 0.4) is 0 Å². The van der Waals surface area contributed by atoms with E-state index in [4.69, 9.17) is 16.3 Å². The number of hydrogen-bond donors (Lipinski definition) is 0. The molecule has 0 aliphatic carbocycles. The summed E-state index contributed by atoms with van der Waals surface area (Å²) in [5.74, 6) is -0.905. The van der Waals surface area contributed by atoms with Crippen LogP contribution in [0, 0.1) is 0 Å². The number of rotatable bonds is 8. The fraction of sp³-hybridized carbons (Fsp3) is 0.250. The SMILES string of the molecule is CCCC(=O)Oc1ccc(N(C(=O)CCC)S(=O)(=O)c2ccc3ccccc3c2)cc1Cl. The first kappa shape index (κ1) is 23.8. The molecule has 6 nitrogen and oxygen atoms in total. The van der Waals surface area contributed by atoms with Crippen molar-refractivity contribution >= 4 is 50.0 Å². The minimum absolute atomic E-state index is 0.00442. The summed E-state index contributed by atoms with van der Waals surface area (Å²) in [5, 5.41) is 1.67. The van der Waals surface area contributed by atoms with Gasteiger partial charge in [-0.1, -0.05) is 55.8 Å². The van der Waals surface area contributed by atoms with Crippen molar-refractivity contribution in [1.82, 2.24) is 0 Å². The van der Waals surface area contributed by atoms with Gasteiger partial charge in [0.2, 0.25) is 5.91 Å². The molecule has 0 unspecified atom stereocenters. The van der Waals surface area contributed by atoms with Gasteiger partial charge >= 0.3 is 5.97 Å². The highest BCUT2D eigenvalue weighted by molar-refractivity contribution is 7.93. The van der Waals surface area contributed by atoms with Gasteiger partial charge < -0.3 is 4.74 Å². The summed E-state index contributed by atoms with van der Waals surface area (Å²) in [6.07, 6.45) is 1.37. The zero-order valence-corrected chi connectivity index (χ0v) is 19.4. The molecule has 8 heteroatoms. The maximum absolute atomic E-state index is 13.5. The highest BCUT2D eigenvalue weighted by atomic mass is 35.5. The number of esters is 1. The van der Waals surface area contributed by atoms with Crippen LogP contribution in [0.15, 0.2) is 65.6 Å². The van der Waals surface area contributed by atoms with Gasteiger partial charge in [-0.15, -0.1) is 0 Å². The maximum atomic E-state index is 13.5. The normalized spacial score (nSPS) is 11.3. The largest absolute Gasteiger partial charge is 0.425 e. The predicted octanol–water partition coefficient (Wildman–Crippen LogP) is 5.72. The lowest BCUT2D eigenvalue weighted by Crippen LogP contribution is -2.36. The molecule has 0 aliphatic rings. The van der Waals surface area contributed by atoms with Gasteiger partial charge in [0, 0.05) is 12.8 Å². The van der Waals surface area contributed by atoms with Crippen molar-refractivity contribution in [2.45, 2.75) is 44.4 Å². The number of fused-ring (bicyclic) bond motifs is 1. The Morgan fingerprint density at radius 1 is 0.906 bits per heavy atom. The molecule has 0 bridgehead atoms. The Labute approximate surface area is 192 Å². The minimum Gasteiger partial charge on any atom is -0.425 e. The number of halogens is 1. The molecule has 0 heterocycles. The van der Waals surface area contributed by atoms with Gasteiger partial charge in [-0.05, 0) is 53.9 Å². The van der Waals surface area contributed by atoms with Crippen LogP contribution in [0.2, 0.25) is 5.02 Å². The van der Waals surface area contributed by atoms with Gasteiger partial charge in [0.25, 0.3) is 10.0 Å². The van der Waals surface area contributed by atoms with E-state index in [0.717, 1.165) is 15.1 Å². The molecule has 3 aromatic rings. The summed E-state index contributed by atoms with van der Waals surface area (Å²) in [6.45, 7) is 3.64. The molecule has 3 aromatic carbocycles. The fourth-order valence-corrected chi connectivity index (χ4v) is 4.93. The van der Waals surface area contributed by atoms with Crippen LogP contribution in [0.4, 0.5) is 5.69 Å². The van der Waals surface area contributed by atoms with E-state index in [0.29, 0.717) is 12.8 Å². The number of ether oxygens (including phenoxy) is 1. The van der Waals surface area contributed by atoms with E-state index in [1.165, 1.54) is 24.3 Å². The highest BCUT2D eigenvalue weighted by Crippen LogP contribution is 2.33. The van der Waals surface area contributed by atoms with Gasteiger partial charge in [-0.2, -0.15) is 0 Å². The highest BCUT2D eigenvalue weighted by Gasteiger charge is 2.31. The third-order valence-electron chi connectivity index (χ3n) is 4.78. The Balaban J connectivity index is 2.05. The Bertz CT molecular complexity index is 1260. The van der Waals surface area contributed by atoms with Crippen molar-refractivity contribution < 1.29 is 22.7 Å². The standard InChI is InChI=1S/C24H24ClNO5S/c1-3-7-23(27)26(19-12-14-22(21(25)16-19)31-24(28)8-4-2)32(29,30)20-13-11-17-9-5-6-10-18(17)15-20/h5-6,9-16H,3-4,7-8H2,1-2H3. The minimum atomic E-state index is -4.21. The van der Waals surface area contributed by atoms with Gasteiger partial charge in [0.15, 0.2) is 0 Å². The van der Waals surface area contributed by atoms with Crippen LogP contribution in [0.25, 0.3) is 10.8 Å². The smallest absolute Gasteiger partial charge is 0.311 e. The Kier molecular flexibility index (Phi) is 7.53. The van der Waals surface area contributed by atoms with Crippen molar-refractivity contribution in [3.05, 3.63) is 65.7 Å². The van der Waals surface area contributed by atoms with Crippen LogP contribution in [0.5, 0.6) is 5.75 Å². The van der Waals surface area contributed by atoms with Crippen LogP contribution in [-0.4, -0.2) is 20.3 Å². The second-order valence-electron chi connectivity index (χ2n) is 7.26. The van der Waals surface area contributed by atoms with Gasteiger partial charge in [0.05, 0.1) is 15.6 Å². The monoisotopic (exact) mass is 473 g/mol. The van der Waals surface area contributed by atoms with Crippen LogP contribution in [-0.2, 0) is 19.6 Å². The average Bonchev–Trinajstić information content (AvgIpc) is 2.75. The molecule has 3 rings (SSSR count). The van der Waals surface area contributed by atoms with E-state index in [1.54, 1.807) is 19.1 Å². The number of nitrogens with zero attached hydrogens (tertiary/aromatic N) is 1. The molecule has 0 spiro atoms. The summed E-state index contributed by atoms with van der Waals surface area (Å²) >= 11 is 6.26. The number of hydrogen-bond acceptors (Lipinski definition) is 5. The van der Waals surface area contributed by atoms with Crippen molar-refractivity contribution in [2.75, 3.05) is 4.31 Å². The van der Waals surface area contributed by atoms with Crippen molar-refractivity contribution in [3.63, 3.8) is 0 Å². The van der Waals surface area contributed by atoms with Crippen LogP contribution in [0.1, 0.15) is 39.5 Å². The number of benzene rings is 3. The average molecular weight is 474 g/mol. The second-order valence-corrected chi connectivity index (χ2v) is 9.45. The summed E-state index contributed by atoms with van der Waals surface area (Å²) in [6, 6.07) is 16.2. The Morgan fingerprint density at radius 2 is 1.59 bits per heavy atom. The van der Waals surface area contributed by atoms with Crippen molar-refractivity contribution in [2.24, 2.45) is 0 Å². The number of carbonyl (C=O) groups excluding carboxylic acids is 2. The molecular weight excluding hydrogens is 450 g/mol. The summed E-state index contributed by atoms with van der Waals surface area (Å²) in [7, 11) is -4.21. The van der Waals surface area contributed by atoms with Crippen LogP contribution >= 0.6 is 11.6 Å². The molecule has 0 aliphatic heterocycles. The number of amides is 1. The zero-order chi connectivity index (χ0) is 23.3. The van der Waals surface area contributed by atoms with Crippen molar-refractivity contribution in [1.29, 1.82) is 0 Å². The maximum Gasteiger partial charge on any atom is 0.311 e. The van der Waals surface area contributed by atoms with E-state index in [9.17, 15) is 18.0 Å². The second kappa shape index (κ2) is 10.1. The van der Waals surface area contributed by atoms with E-state index in [1.807, 2.05) is 31.2 Å². The zero-order valence-electron chi connectivity index (χ0n) is 17.9. The molecule has 168 valence electrons. The number of sulfonamides is 1. The molecule has 0 saturated heterocycles. The van der Waals surface area contributed by atoms with E-state index in [2.05, 4.69) is 0 Å². The van der Waals surface area contributed by atoms with Crippen LogP contribution < -0.4 is 9.04 Å². The van der Waals surface area contributed by atoms with E-state index >= 15 is 0 Å². The third kappa shape index (κ3) is 5.11. The van der Waals surface area contributed by atoms with Gasteiger partial charge in [-0.3, -0.25) is 9.59 Å². The summed E-state index contributed by atoms with van der Waals surface area (Å²) in [5.41, 5.74) is 0.0805. The molecule has 32 heavy (non-hydrogen) atoms. The van der Waals surface area contributed by atoms with E-state index < -0.39 is 21.9 Å². The molecule has 0 aromatic heterocycles. The molecule has 1 amide bonds. The summed E-state index contributed by atoms with van der Waals surface area (Å²) in [4.78, 5) is 24.7. The molecule has 0 saturated carbocycles. The van der Waals surface area contributed by atoms with Gasteiger partial charge in [0.1, 0.15) is 5.75 Å². The molecule has 0 radical (unpaired) electrons. The fourth-order valence-electron chi connectivity index (χ4n) is 3.24. The van der Waals surface area contributed by atoms with Crippen molar-refractivity contribution in [3.8, 4) is 5.75 Å². The summed E-state index contributed by atoms with van der Waals surface area (Å²) < 4.78 is 33.0.